The van der Waals surface area contributed by atoms with Crippen LogP contribution in [0.4, 0.5) is 5.69 Å². The number of nitrogens with zero attached hydrogens (tertiary/aromatic N) is 3. The van der Waals surface area contributed by atoms with Crippen LogP contribution in [0.25, 0.3) is 0 Å². The molecule has 1 saturated carbocycles. The zero-order valence-corrected chi connectivity index (χ0v) is 8.23. The van der Waals surface area contributed by atoms with E-state index >= 15 is 0 Å². The van der Waals surface area contributed by atoms with Crippen LogP contribution in [-0.4, -0.2) is 20.1 Å². The molecule has 0 saturated heterocycles. The van der Waals surface area contributed by atoms with Gasteiger partial charge >= 0.3 is 5.69 Å². The van der Waals surface area contributed by atoms with Crippen molar-refractivity contribution in [2.45, 2.75) is 25.4 Å². The van der Waals surface area contributed by atoms with Crippen molar-refractivity contribution < 1.29 is 4.92 Å². The van der Waals surface area contributed by atoms with Crippen molar-refractivity contribution >= 4 is 14.4 Å². The minimum absolute atomic E-state index is 0.133. The summed E-state index contributed by atoms with van der Waals surface area (Å²) in [5.41, 5.74) is 1.37. The number of hydrogen-bond acceptors (Lipinski definition) is 3. The van der Waals surface area contributed by atoms with Gasteiger partial charge in [-0.05, 0) is 25.4 Å². The largest absolute Gasteiger partial charge is 0.310 e. The molecule has 1 heterocycles. The van der Waals surface area contributed by atoms with Crippen LogP contribution in [0.5, 0.6) is 0 Å². The van der Waals surface area contributed by atoms with Crippen molar-refractivity contribution in [2.24, 2.45) is 0 Å². The third kappa shape index (κ3) is 1.86. The van der Waals surface area contributed by atoms with E-state index in [0.717, 1.165) is 5.66 Å². The zero-order chi connectivity index (χ0) is 9.42. The average Bonchev–Trinajstić information content (AvgIpc) is 2.75. The molecule has 13 heavy (non-hydrogen) atoms. The average molecular weight is 199 g/mol. The molecule has 0 N–H and O–H groups in total. The highest BCUT2D eigenvalue weighted by Crippen LogP contribution is 2.40. The summed E-state index contributed by atoms with van der Waals surface area (Å²) in [6.07, 6.45) is 4.02. The molecule has 1 aliphatic carbocycles. The van der Waals surface area contributed by atoms with Crippen LogP contribution >= 0.6 is 8.73 Å². The molecule has 1 unspecified atom stereocenters. The van der Waals surface area contributed by atoms with Gasteiger partial charge in [-0.2, -0.15) is 5.10 Å². The third-order valence-corrected chi connectivity index (χ3v) is 3.40. The van der Waals surface area contributed by atoms with Gasteiger partial charge < -0.3 is 0 Å². The van der Waals surface area contributed by atoms with Crippen molar-refractivity contribution in [2.75, 3.05) is 0 Å². The van der Waals surface area contributed by atoms with Gasteiger partial charge in [-0.3, -0.25) is 10.1 Å². The third-order valence-electron chi connectivity index (χ3n) is 1.96. The Morgan fingerprint density at radius 1 is 1.77 bits per heavy atom. The Kier molecular flexibility index (Phi) is 2.04. The van der Waals surface area contributed by atoms with Crippen molar-refractivity contribution in [1.82, 2.24) is 9.55 Å². The first-order chi connectivity index (χ1) is 6.16. The molecule has 1 aromatic heterocycles. The quantitative estimate of drug-likeness (QED) is 0.423. The van der Waals surface area contributed by atoms with E-state index in [0.29, 0.717) is 14.4 Å². The Balaban J connectivity index is 2.18. The minimum atomic E-state index is -0.379. The van der Waals surface area contributed by atoms with E-state index in [1.165, 1.54) is 19.0 Å². The number of hydrogen-bond donors (Lipinski definition) is 0. The molecule has 0 spiro atoms. The van der Waals surface area contributed by atoms with Crippen LogP contribution in [-0.2, 0) is 0 Å². The Hall–Kier alpha value is -0.960. The molecule has 1 aliphatic rings. The smallest absolute Gasteiger partial charge is 0.258 e. The predicted molar refractivity (Wildman–Crippen MR) is 50.4 cm³/mol. The summed E-state index contributed by atoms with van der Waals surface area (Å²) in [5.74, 6) is 0. The molecule has 70 valence electrons. The van der Waals surface area contributed by atoms with Crippen LogP contribution < -0.4 is 0 Å². The van der Waals surface area contributed by atoms with Gasteiger partial charge in [-0.15, -0.1) is 0 Å². The lowest BCUT2D eigenvalue weighted by atomic mass is 10.4. The van der Waals surface area contributed by atoms with Gasteiger partial charge in [0.1, 0.15) is 11.9 Å². The highest BCUT2D eigenvalue weighted by molar-refractivity contribution is 7.37. The lowest BCUT2D eigenvalue weighted by molar-refractivity contribution is -0.385. The topological polar surface area (TPSA) is 61.0 Å². The first-order valence-corrected chi connectivity index (χ1v) is 5.16. The molecular weight excluding hydrogens is 189 g/mol. The van der Waals surface area contributed by atoms with E-state index < -0.39 is 0 Å². The predicted octanol–water partition coefficient (Wildman–Crippen LogP) is 1.70. The van der Waals surface area contributed by atoms with E-state index in [-0.39, 0.29) is 10.6 Å². The molecule has 1 fully saturated rings. The Labute approximate surface area is 77.1 Å². The lowest BCUT2D eigenvalue weighted by Gasteiger charge is -1.94. The molecule has 2 rings (SSSR count). The number of aryl methyl sites for hydroxylation is 1. The second kappa shape index (κ2) is 3.07. The summed E-state index contributed by atoms with van der Waals surface area (Å²) in [7, 11) is 0.583. The molecule has 0 aromatic carbocycles. The molecule has 0 radical (unpaired) electrons. The van der Waals surface area contributed by atoms with Crippen molar-refractivity contribution in [3.63, 3.8) is 0 Å². The molecule has 1 atom stereocenters. The van der Waals surface area contributed by atoms with Crippen LogP contribution in [0.1, 0.15) is 18.5 Å². The Bertz CT molecular complexity index is 346. The van der Waals surface area contributed by atoms with Crippen molar-refractivity contribution in [3.8, 4) is 0 Å². The standard InChI is InChI=1S/C7H10N3O2P/c1-5-7(10(11)12)4-9(8-5)13-6-2-3-6/h4,6,13H,2-3H2,1H3. The van der Waals surface area contributed by atoms with Gasteiger partial charge in [0.05, 0.1) is 4.92 Å². The fourth-order valence-electron chi connectivity index (χ4n) is 1.10. The summed E-state index contributed by atoms with van der Waals surface area (Å²) in [4.78, 5) is 10.1. The SMILES string of the molecule is Cc1nn(PC2CC2)cc1[N+](=O)[O-]. The Morgan fingerprint density at radius 2 is 2.46 bits per heavy atom. The van der Waals surface area contributed by atoms with E-state index in [1.807, 2.05) is 0 Å². The molecule has 1 aromatic rings. The van der Waals surface area contributed by atoms with Crippen LogP contribution in [0.15, 0.2) is 6.20 Å². The van der Waals surface area contributed by atoms with Crippen LogP contribution in [0.3, 0.4) is 0 Å². The van der Waals surface area contributed by atoms with Gasteiger partial charge in [0.15, 0.2) is 0 Å². The molecule has 0 amide bonds. The van der Waals surface area contributed by atoms with E-state index in [2.05, 4.69) is 5.10 Å². The number of rotatable bonds is 3. The van der Waals surface area contributed by atoms with Crippen LogP contribution in [0, 0.1) is 17.0 Å². The highest BCUT2D eigenvalue weighted by atomic mass is 31.1. The molecule has 6 heteroatoms. The Morgan fingerprint density at radius 3 is 2.92 bits per heavy atom. The van der Waals surface area contributed by atoms with Gasteiger partial charge in [0, 0.05) is 8.73 Å². The van der Waals surface area contributed by atoms with Crippen molar-refractivity contribution in [3.05, 3.63) is 22.0 Å². The molecule has 5 nitrogen and oxygen atoms in total. The fourth-order valence-corrected chi connectivity index (χ4v) is 2.30. The minimum Gasteiger partial charge on any atom is -0.258 e. The fraction of sp³-hybridized carbons (Fsp3) is 0.571. The van der Waals surface area contributed by atoms with E-state index in [1.54, 1.807) is 11.4 Å². The maximum absolute atomic E-state index is 10.5. The van der Waals surface area contributed by atoms with Gasteiger partial charge in [0.25, 0.3) is 0 Å². The van der Waals surface area contributed by atoms with Crippen LogP contribution in [0.2, 0.25) is 0 Å². The normalized spacial score (nSPS) is 17.0. The first kappa shape index (κ1) is 8.63. The van der Waals surface area contributed by atoms with E-state index in [9.17, 15) is 10.1 Å². The van der Waals surface area contributed by atoms with Crippen molar-refractivity contribution in [1.29, 1.82) is 0 Å². The van der Waals surface area contributed by atoms with E-state index in [4.69, 9.17) is 0 Å². The second-order valence-electron chi connectivity index (χ2n) is 3.20. The monoisotopic (exact) mass is 199 g/mol. The zero-order valence-electron chi connectivity index (χ0n) is 7.23. The molecule has 0 aliphatic heterocycles. The highest BCUT2D eigenvalue weighted by Gasteiger charge is 2.24. The maximum atomic E-state index is 10.5. The lowest BCUT2D eigenvalue weighted by Crippen LogP contribution is -1.86. The first-order valence-electron chi connectivity index (χ1n) is 4.14. The molecule has 0 bridgehead atoms. The maximum Gasteiger partial charge on any atom is 0.310 e. The summed E-state index contributed by atoms with van der Waals surface area (Å²) in [6.45, 7) is 1.67. The summed E-state index contributed by atoms with van der Waals surface area (Å²) >= 11 is 0. The summed E-state index contributed by atoms with van der Waals surface area (Å²) in [6, 6.07) is 0. The number of aromatic nitrogens is 2. The molecular formula is C7H10N3O2P. The van der Waals surface area contributed by atoms with Gasteiger partial charge in [-0.1, -0.05) is 0 Å². The summed E-state index contributed by atoms with van der Waals surface area (Å²) in [5, 5.41) is 14.6. The second-order valence-corrected chi connectivity index (χ2v) is 4.74. The van der Waals surface area contributed by atoms with Gasteiger partial charge in [-0.25, -0.2) is 4.45 Å². The number of nitro groups is 1. The van der Waals surface area contributed by atoms with Gasteiger partial charge in [0.2, 0.25) is 0 Å². The summed E-state index contributed by atoms with van der Waals surface area (Å²) < 4.78 is 1.71.